The average molecular weight is 260 g/mol. The maximum absolute atomic E-state index is 13.9. The van der Waals surface area contributed by atoms with Gasteiger partial charge in [-0.1, -0.05) is 25.8 Å². The fourth-order valence-corrected chi connectivity index (χ4v) is 2.87. The first-order valence-electron chi connectivity index (χ1n) is 7.17. The molecule has 1 aromatic carbocycles. The van der Waals surface area contributed by atoms with Crippen LogP contribution in [-0.2, 0) is 6.54 Å². The number of likely N-dealkylation sites (tertiary alicyclic amines) is 1. The van der Waals surface area contributed by atoms with Crippen molar-refractivity contribution >= 4 is 0 Å². The molecule has 0 spiro atoms. The Morgan fingerprint density at radius 3 is 2.89 bits per heavy atom. The quantitative estimate of drug-likeness (QED) is 0.825. The summed E-state index contributed by atoms with van der Waals surface area (Å²) in [5.74, 6) is -0.252. The van der Waals surface area contributed by atoms with Gasteiger partial charge >= 0.3 is 0 Å². The number of hydrogen-bond donors (Lipinski definition) is 0. The van der Waals surface area contributed by atoms with E-state index in [0.29, 0.717) is 23.7 Å². The van der Waals surface area contributed by atoms with Gasteiger partial charge in [0.15, 0.2) is 0 Å². The van der Waals surface area contributed by atoms with E-state index in [1.165, 1.54) is 31.7 Å². The van der Waals surface area contributed by atoms with Gasteiger partial charge in [-0.2, -0.15) is 5.26 Å². The van der Waals surface area contributed by atoms with Crippen LogP contribution in [0.15, 0.2) is 18.2 Å². The molecule has 0 radical (unpaired) electrons. The molecule has 1 aliphatic heterocycles. The number of nitrogens with zero attached hydrogens (tertiary/aromatic N) is 2. The molecule has 1 unspecified atom stereocenters. The third-order valence-corrected chi connectivity index (χ3v) is 4.03. The van der Waals surface area contributed by atoms with E-state index in [2.05, 4.69) is 11.8 Å². The molecule has 1 aliphatic rings. The van der Waals surface area contributed by atoms with Crippen LogP contribution in [0.2, 0.25) is 0 Å². The minimum atomic E-state index is -0.252. The van der Waals surface area contributed by atoms with E-state index in [0.717, 1.165) is 13.0 Å². The van der Waals surface area contributed by atoms with Gasteiger partial charge in [0.25, 0.3) is 0 Å². The van der Waals surface area contributed by atoms with Gasteiger partial charge in [-0.3, -0.25) is 4.90 Å². The van der Waals surface area contributed by atoms with Crippen LogP contribution in [0.3, 0.4) is 0 Å². The molecule has 102 valence electrons. The molecule has 0 bridgehead atoms. The first kappa shape index (κ1) is 14.0. The molecule has 1 heterocycles. The summed E-state index contributed by atoms with van der Waals surface area (Å²) in [5, 5.41) is 8.76. The van der Waals surface area contributed by atoms with Crippen molar-refractivity contribution in [1.29, 1.82) is 5.26 Å². The second kappa shape index (κ2) is 6.68. The van der Waals surface area contributed by atoms with Crippen molar-refractivity contribution in [1.82, 2.24) is 4.90 Å². The van der Waals surface area contributed by atoms with Gasteiger partial charge in [-0.05, 0) is 37.9 Å². The SMILES string of the molecule is CCC1CCCCCN1Cc1ccc(C#N)cc1F. The summed E-state index contributed by atoms with van der Waals surface area (Å²) < 4.78 is 13.9. The number of hydrogen-bond acceptors (Lipinski definition) is 2. The Kier molecular flexibility index (Phi) is 4.93. The highest BCUT2D eigenvalue weighted by Crippen LogP contribution is 2.22. The molecule has 0 amide bonds. The van der Waals surface area contributed by atoms with Gasteiger partial charge < -0.3 is 0 Å². The molecule has 0 aromatic heterocycles. The topological polar surface area (TPSA) is 27.0 Å². The first-order chi connectivity index (χ1) is 9.24. The number of halogens is 1. The second-order valence-corrected chi connectivity index (χ2v) is 5.30. The largest absolute Gasteiger partial charge is 0.296 e. The van der Waals surface area contributed by atoms with E-state index in [-0.39, 0.29) is 5.82 Å². The van der Waals surface area contributed by atoms with Crippen LogP contribution in [0.5, 0.6) is 0 Å². The van der Waals surface area contributed by atoms with E-state index >= 15 is 0 Å². The molecule has 2 nitrogen and oxygen atoms in total. The minimum Gasteiger partial charge on any atom is -0.296 e. The number of nitriles is 1. The van der Waals surface area contributed by atoms with E-state index in [9.17, 15) is 4.39 Å². The van der Waals surface area contributed by atoms with Crippen molar-refractivity contribution in [2.45, 2.75) is 51.6 Å². The highest BCUT2D eigenvalue weighted by Gasteiger charge is 2.20. The lowest BCUT2D eigenvalue weighted by Crippen LogP contribution is -2.34. The van der Waals surface area contributed by atoms with Crippen molar-refractivity contribution in [3.05, 3.63) is 35.1 Å². The summed E-state index contributed by atoms with van der Waals surface area (Å²) in [4.78, 5) is 2.40. The summed E-state index contributed by atoms with van der Waals surface area (Å²) in [5.41, 5.74) is 1.10. The van der Waals surface area contributed by atoms with Gasteiger partial charge in [0.05, 0.1) is 11.6 Å². The molecule has 1 aromatic rings. The van der Waals surface area contributed by atoms with Gasteiger partial charge in [-0.15, -0.1) is 0 Å². The fourth-order valence-electron chi connectivity index (χ4n) is 2.87. The van der Waals surface area contributed by atoms with Crippen LogP contribution in [-0.4, -0.2) is 17.5 Å². The van der Waals surface area contributed by atoms with Crippen LogP contribution in [0, 0.1) is 17.1 Å². The highest BCUT2D eigenvalue weighted by atomic mass is 19.1. The first-order valence-corrected chi connectivity index (χ1v) is 7.17. The molecule has 3 heteroatoms. The van der Waals surface area contributed by atoms with Gasteiger partial charge in [0.1, 0.15) is 5.82 Å². The summed E-state index contributed by atoms with van der Waals surface area (Å²) in [7, 11) is 0. The summed E-state index contributed by atoms with van der Waals surface area (Å²) in [6.07, 6.45) is 6.11. The van der Waals surface area contributed by atoms with Gasteiger partial charge in [0, 0.05) is 18.2 Å². The molecular formula is C16H21FN2. The van der Waals surface area contributed by atoms with Crippen LogP contribution >= 0.6 is 0 Å². The van der Waals surface area contributed by atoms with Crippen LogP contribution in [0.4, 0.5) is 4.39 Å². The van der Waals surface area contributed by atoms with E-state index in [4.69, 9.17) is 5.26 Å². The van der Waals surface area contributed by atoms with E-state index < -0.39 is 0 Å². The van der Waals surface area contributed by atoms with Crippen molar-refractivity contribution in [3.63, 3.8) is 0 Å². The number of rotatable bonds is 3. The average Bonchev–Trinajstić information content (AvgIpc) is 2.66. The Balaban J connectivity index is 2.12. The molecule has 1 atom stereocenters. The van der Waals surface area contributed by atoms with Crippen molar-refractivity contribution in [3.8, 4) is 6.07 Å². The van der Waals surface area contributed by atoms with Crippen LogP contribution < -0.4 is 0 Å². The molecule has 19 heavy (non-hydrogen) atoms. The van der Waals surface area contributed by atoms with Crippen LogP contribution in [0.1, 0.15) is 50.2 Å². The molecule has 0 N–H and O–H groups in total. The lowest BCUT2D eigenvalue weighted by molar-refractivity contribution is 0.184. The fraction of sp³-hybridized carbons (Fsp3) is 0.562. The summed E-state index contributed by atoms with van der Waals surface area (Å²) in [6, 6.07) is 7.34. The Hall–Kier alpha value is -1.40. The van der Waals surface area contributed by atoms with E-state index in [1.807, 2.05) is 6.07 Å². The maximum atomic E-state index is 13.9. The second-order valence-electron chi connectivity index (χ2n) is 5.30. The third-order valence-electron chi connectivity index (χ3n) is 4.03. The van der Waals surface area contributed by atoms with Crippen molar-refractivity contribution < 1.29 is 4.39 Å². The van der Waals surface area contributed by atoms with Gasteiger partial charge in [0.2, 0.25) is 0 Å². The summed E-state index contributed by atoms with van der Waals surface area (Å²) >= 11 is 0. The predicted octanol–water partition coefficient (Wildman–Crippen LogP) is 3.85. The molecule has 2 rings (SSSR count). The smallest absolute Gasteiger partial charge is 0.129 e. The molecule has 0 aliphatic carbocycles. The maximum Gasteiger partial charge on any atom is 0.129 e. The monoisotopic (exact) mass is 260 g/mol. The molecular weight excluding hydrogens is 239 g/mol. The predicted molar refractivity (Wildman–Crippen MR) is 74.1 cm³/mol. The van der Waals surface area contributed by atoms with E-state index in [1.54, 1.807) is 12.1 Å². The lowest BCUT2D eigenvalue weighted by atomic mass is 10.1. The Bertz CT molecular complexity index is 464. The zero-order valence-electron chi connectivity index (χ0n) is 11.5. The Morgan fingerprint density at radius 2 is 2.21 bits per heavy atom. The zero-order chi connectivity index (χ0) is 13.7. The van der Waals surface area contributed by atoms with Gasteiger partial charge in [-0.25, -0.2) is 4.39 Å². The van der Waals surface area contributed by atoms with Crippen molar-refractivity contribution in [2.24, 2.45) is 0 Å². The van der Waals surface area contributed by atoms with Crippen molar-refractivity contribution in [2.75, 3.05) is 6.54 Å². The minimum absolute atomic E-state index is 0.252. The zero-order valence-corrected chi connectivity index (χ0v) is 11.5. The Labute approximate surface area is 114 Å². The number of benzene rings is 1. The standard InChI is InChI=1S/C16H21FN2/c1-2-15-6-4-3-5-9-19(15)12-14-8-7-13(11-18)10-16(14)17/h7-8,10,15H,2-6,9,12H2,1H3. The normalized spacial score (nSPS) is 20.8. The Morgan fingerprint density at radius 1 is 1.37 bits per heavy atom. The third kappa shape index (κ3) is 3.54. The molecule has 0 saturated carbocycles. The highest BCUT2D eigenvalue weighted by molar-refractivity contribution is 5.32. The molecule has 1 saturated heterocycles. The summed E-state index contributed by atoms with van der Waals surface area (Å²) in [6.45, 7) is 3.92. The molecule has 1 fully saturated rings. The van der Waals surface area contributed by atoms with Crippen LogP contribution in [0.25, 0.3) is 0 Å². The lowest BCUT2D eigenvalue weighted by Gasteiger charge is -2.29.